The van der Waals surface area contributed by atoms with Crippen molar-refractivity contribution >= 4 is 17.7 Å². The third-order valence-corrected chi connectivity index (χ3v) is 5.24. The van der Waals surface area contributed by atoms with E-state index in [4.69, 9.17) is 4.74 Å². The van der Waals surface area contributed by atoms with E-state index in [9.17, 15) is 9.90 Å². The largest absolute Gasteiger partial charge is 0.493 e. The van der Waals surface area contributed by atoms with Crippen LogP contribution >= 0.6 is 11.8 Å². The van der Waals surface area contributed by atoms with Crippen LogP contribution in [0.1, 0.15) is 5.56 Å². The maximum atomic E-state index is 12.2. The molecule has 1 aromatic carbocycles. The Labute approximate surface area is 129 Å². The molecule has 2 atom stereocenters. The summed E-state index contributed by atoms with van der Waals surface area (Å²) in [5.41, 5.74) is 0.869. The zero-order chi connectivity index (χ0) is 14.9. The van der Waals surface area contributed by atoms with E-state index in [1.54, 1.807) is 11.8 Å². The number of likely N-dealkylation sites (tertiary alicyclic amines) is 1. The second kappa shape index (κ2) is 5.89. The van der Waals surface area contributed by atoms with Crippen LogP contribution in [0.5, 0.6) is 5.75 Å². The molecule has 2 heterocycles. The second-order valence-corrected chi connectivity index (χ2v) is 6.89. The van der Waals surface area contributed by atoms with Crippen LogP contribution in [0.4, 0.5) is 0 Å². The number of carbonyl (C=O) groups is 1. The molecule has 1 fully saturated rings. The van der Waals surface area contributed by atoms with Gasteiger partial charge in [-0.05, 0) is 24.3 Å². The molecule has 2 aliphatic heterocycles. The van der Waals surface area contributed by atoms with Gasteiger partial charge >= 0.3 is 0 Å². The number of rotatable bonds is 3. The first-order valence-electron chi connectivity index (χ1n) is 7.27. The smallest absolute Gasteiger partial charge is 0.232 e. The normalized spacial score (nSPS) is 27.5. The monoisotopic (exact) mass is 307 g/mol. The number of nitrogens with zero attached hydrogens (tertiary/aromatic N) is 1. The van der Waals surface area contributed by atoms with Crippen molar-refractivity contribution in [2.24, 2.45) is 11.3 Å². The van der Waals surface area contributed by atoms with Crippen LogP contribution < -0.4 is 4.74 Å². The molecule has 4 nitrogen and oxygen atoms in total. The van der Waals surface area contributed by atoms with E-state index in [2.05, 4.69) is 6.07 Å². The van der Waals surface area contributed by atoms with Crippen LogP contribution in [0.2, 0.25) is 0 Å². The number of hydrogen-bond donors (Lipinski definition) is 1. The molecule has 2 aliphatic rings. The van der Waals surface area contributed by atoms with Gasteiger partial charge in [0, 0.05) is 24.4 Å². The van der Waals surface area contributed by atoms with Gasteiger partial charge in [-0.1, -0.05) is 18.2 Å². The van der Waals surface area contributed by atoms with Crippen molar-refractivity contribution in [1.82, 2.24) is 4.90 Å². The molecule has 5 heteroatoms. The van der Waals surface area contributed by atoms with E-state index in [1.165, 1.54) is 0 Å². The highest BCUT2D eigenvalue weighted by Gasteiger charge is 2.49. The van der Waals surface area contributed by atoms with Crippen molar-refractivity contribution in [3.05, 3.63) is 29.8 Å². The number of para-hydroxylation sites is 1. The van der Waals surface area contributed by atoms with Crippen LogP contribution in [0.25, 0.3) is 0 Å². The van der Waals surface area contributed by atoms with Gasteiger partial charge in [0.05, 0.1) is 19.0 Å². The number of ether oxygens (including phenoxy) is 1. The minimum atomic E-state index is -0.263. The lowest BCUT2D eigenvalue weighted by molar-refractivity contribution is -0.127. The van der Waals surface area contributed by atoms with Gasteiger partial charge < -0.3 is 14.7 Å². The molecule has 0 radical (unpaired) electrons. The summed E-state index contributed by atoms with van der Waals surface area (Å²) in [6.45, 7) is 1.98. The van der Waals surface area contributed by atoms with Crippen molar-refractivity contribution in [1.29, 1.82) is 0 Å². The summed E-state index contributed by atoms with van der Waals surface area (Å²) in [6.07, 6.45) is 2.71. The standard InChI is InChI=1S/C16H21NO3S/c1-21-9-15(19)17-7-13-8-20-14-5-3-2-4-12(14)6-16(13,10-17)11-18/h2-5,13,18H,6-11H2,1H3/t13-,16-/m0/s1. The molecule has 0 aromatic heterocycles. The van der Waals surface area contributed by atoms with E-state index in [0.717, 1.165) is 17.7 Å². The van der Waals surface area contributed by atoms with Crippen molar-refractivity contribution < 1.29 is 14.6 Å². The third kappa shape index (κ3) is 2.64. The van der Waals surface area contributed by atoms with Gasteiger partial charge in [0.2, 0.25) is 5.91 Å². The molecule has 114 valence electrons. The minimum absolute atomic E-state index is 0.0956. The van der Waals surface area contributed by atoms with Crippen molar-refractivity contribution in [2.75, 3.05) is 38.3 Å². The highest BCUT2D eigenvalue weighted by atomic mass is 32.2. The molecule has 1 amide bonds. The summed E-state index contributed by atoms with van der Waals surface area (Å²) in [7, 11) is 0. The van der Waals surface area contributed by atoms with Gasteiger partial charge in [0.25, 0.3) is 0 Å². The molecule has 1 saturated heterocycles. The Morgan fingerprint density at radius 2 is 2.33 bits per heavy atom. The van der Waals surface area contributed by atoms with Crippen molar-refractivity contribution in [2.45, 2.75) is 6.42 Å². The van der Waals surface area contributed by atoms with E-state index in [1.807, 2.05) is 29.4 Å². The molecule has 0 bridgehead atoms. The van der Waals surface area contributed by atoms with Crippen LogP contribution in [0, 0.1) is 11.3 Å². The molecule has 0 unspecified atom stereocenters. The number of fused-ring (bicyclic) bond motifs is 2. The number of benzene rings is 1. The lowest BCUT2D eigenvalue weighted by atomic mass is 9.75. The van der Waals surface area contributed by atoms with Gasteiger partial charge in [0.1, 0.15) is 5.75 Å². The molecular formula is C16H21NO3S. The number of aliphatic hydroxyl groups excluding tert-OH is 1. The maximum Gasteiger partial charge on any atom is 0.232 e. The zero-order valence-corrected chi connectivity index (χ0v) is 13.1. The van der Waals surface area contributed by atoms with Crippen LogP contribution in [-0.2, 0) is 11.2 Å². The van der Waals surface area contributed by atoms with Gasteiger partial charge in [-0.15, -0.1) is 0 Å². The van der Waals surface area contributed by atoms with Gasteiger partial charge in [0.15, 0.2) is 0 Å². The first-order chi connectivity index (χ1) is 10.2. The summed E-state index contributed by atoms with van der Waals surface area (Å²) in [6, 6.07) is 8.01. The Kier molecular flexibility index (Phi) is 4.13. The van der Waals surface area contributed by atoms with Gasteiger partial charge in [-0.25, -0.2) is 0 Å². The first-order valence-corrected chi connectivity index (χ1v) is 8.66. The summed E-state index contributed by atoms with van der Waals surface area (Å²) in [5.74, 6) is 1.78. The maximum absolute atomic E-state index is 12.2. The number of thioether (sulfide) groups is 1. The molecule has 3 rings (SSSR count). The summed E-state index contributed by atoms with van der Waals surface area (Å²) in [5, 5.41) is 10.0. The third-order valence-electron chi connectivity index (χ3n) is 4.70. The lowest BCUT2D eigenvalue weighted by Crippen LogP contribution is -2.38. The molecule has 21 heavy (non-hydrogen) atoms. The Balaban J connectivity index is 1.86. The molecular weight excluding hydrogens is 286 g/mol. The van der Waals surface area contributed by atoms with Crippen LogP contribution in [0.15, 0.2) is 24.3 Å². The zero-order valence-electron chi connectivity index (χ0n) is 12.2. The fourth-order valence-corrected chi connectivity index (χ4v) is 3.89. The summed E-state index contributed by atoms with van der Waals surface area (Å²) >= 11 is 1.54. The van der Waals surface area contributed by atoms with E-state index < -0.39 is 0 Å². The average molecular weight is 307 g/mol. The predicted octanol–water partition coefficient (Wildman–Crippen LogP) is 1.42. The highest BCUT2D eigenvalue weighted by molar-refractivity contribution is 7.99. The predicted molar refractivity (Wildman–Crippen MR) is 83.6 cm³/mol. The topological polar surface area (TPSA) is 49.8 Å². The van der Waals surface area contributed by atoms with Crippen LogP contribution in [-0.4, -0.2) is 54.2 Å². The summed E-state index contributed by atoms with van der Waals surface area (Å²) < 4.78 is 5.92. The number of hydrogen-bond acceptors (Lipinski definition) is 4. The quantitative estimate of drug-likeness (QED) is 0.917. The molecule has 0 aliphatic carbocycles. The number of aliphatic hydroxyl groups is 1. The molecule has 0 spiro atoms. The first kappa shape index (κ1) is 14.7. The molecule has 1 N–H and O–H groups in total. The fourth-order valence-electron chi connectivity index (χ4n) is 3.46. The van der Waals surface area contributed by atoms with E-state index >= 15 is 0 Å². The van der Waals surface area contributed by atoms with E-state index in [0.29, 0.717) is 25.4 Å². The Bertz CT molecular complexity index is 536. The fraction of sp³-hybridized carbons (Fsp3) is 0.562. The highest BCUT2D eigenvalue weighted by Crippen LogP contribution is 2.43. The number of carbonyl (C=O) groups excluding carboxylic acids is 1. The Morgan fingerprint density at radius 3 is 3.10 bits per heavy atom. The average Bonchev–Trinajstić information content (AvgIpc) is 2.78. The van der Waals surface area contributed by atoms with Gasteiger partial charge in [-0.3, -0.25) is 4.79 Å². The van der Waals surface area contributed by atoms with E-state index in [-0.39, 0.29) is 23.8 Å². The van der Waals surface area contributed by atoms with Gasteiger partial charge in [-0.2, -0.15) is 11.8 Å². The Morgan fingerprint density at radius 1 is 1.52 bits per heavy atom. The molecule has 0 saturated carbocycles. The SMILES string of the molecule is CSCC(=O)N1C[C@H]2COc3ccccc3C[C@@]2(CO)C1. The lowest BCUT2D eigenvalue weighted by Gasteiger charge is -2.30. The Hall–Kier alpha value is -1.20. The summed E-state index contributed by atoms with van der Waals surface area (Å²) in [4.78, 5) is 14.1. The van der Waals surface area contributed by atoms with Crippen molar-refractivity contribution in [3.8, 4) is 5.75 Å². The molecule has 1 aromatic rings. The number of amides is 1. The van der Waals surface area contributed by atoms with Crippen LogP contribution in [0.3, 0.4) is 0 Å². The van der Waals surface area contributed by atoms with Crippen molar-refractivity contribution in [3.63, 3.8) is 0 Å². The second-order valence-electron chi connectivity index (χ2n) is 6.02. The minimum Gasteiger partial charge on any atom is -0.493 e.